The molecule has 3 unspecified atom stereocenters. The predicted octanol–water partition coefficient (Wildman–Crippen LogP) is 4.47. The number of hydrogen-bond acceptors (Lipinski definition) is 1. The van der Waals surface area contributed by atoms with Crippen molar-refractivity contribution in [3.8, 4) is 0 Å². The molecule has 1 N–H and O–H groups in total. The maximum atomic E-state index is 3.77. The van der Waals surface area contributed by atoms with Crippen molar-refractivity contribution in [2.24, 2.45) is 11.8 Å². The van der Waals surface area contributed by atoms with E-state index in [-0.39, 0.29) is 0 Å². The van der Waals surface area contributed by atoms with Crippen molar-refractivity contribution >= 4 is 0 Å². The van der Waals surface area contributed by atoms with Crippen molar-refractivity contribution in [3.63, 3.8) is 0 Å². The lowest BCUT2D eigenvalue weighted by molar-refractivity contribution is 0.421. The van der Waals surface area contributed by atoms with Gasteiger partial charge in [0.15, 0.2) is 0 Å². The molecule has 0 heterocycles. The summed E-state index contributed by atoms with van der Waals surface area (Å²) in [7, 11) is 0. The largest absolute Gasteiger partial charge is 0.310 e. The summed E-state index contributed by atoms with van der Waals surface area (Å²) in [5, 5.41) is 3.77. The fourth-order valence-corrected chi connectivity index (χ4v) is 3.12. The zero-order valence-corrected chi connectivity index (χ0v) is 12.1. The summed E-state index contributed by atoms with van der Waals surface area (Å²) in [6.07, 6.45) is 5.43. The van der Waals surface area contributed by atoms with Gasteiger partial charge in [0, 0.05) is 6.04 Å². The summed E-state index contributed by atoms with van der Waals surface area (Å²) >= 11 is 0. The van der Waals surface area contributed by atoms with Gasteiger partial charge in [0.25, 0.3) is 0 Å². The highest BCUT2D eigenvalue weighted by molar-refractivity contribution is 5.24. The molecule has 1 aliphatic carbocycles. The van der Waals surface area contributed by atoms with Crippen LogP contribution in [0.15, 0.2) is 24.3 Å². The molecule has 2 rings (SSSR count). The van der Waals surface area contributed by atoms with Crippen LogP contribution in [-0.4, -0.2) is 6.54 Å². The number of benzene rings is 1. The Hall–Kier alpha value is -0.820. The maximum absolute atomic E-state index is 3.77. The van der Waals surface area contributed by atoms with Crippen LogP contribution in [0.25, 0.3) is 0 Å². The van der Waals surface area contributed by atoms with E-state index in [1.165, 1.54) is 43.4 Å². The van der Waals surface area contributed by atoms with Gasteiger partial charge in [0.05, 0.1) is 0 Å². The standard InChI is InChI=1S/C17H27N/c1-4-17(16-9-6-13(2)7-10-16)18-12-15-8-5-14(3)11-15/h6-7,9-10,14-15,17-18H,4-5,8,11-12H2,1-3H3. The zero-order valence-electron chi connectivity index (χ0n) is 12.1. The molecule has 0 radical (unpaired) electrons. The molecule has 0 amide bonds. The molecule has 18 heavy (non-hydrogen) atoms. The second kappa shape index (κ2) is 6.38. The fourth-order valence-electron chi connectivity index (χ4n) is 3.12. The Kier molecular flexibility index (Phi) is 4.82. The van der Waals surface area contributed by atoms with Gasteiger partial charge in [-0.3, -0.25) is 0 Å². The van der Waals surface area contributed by atoms with E-state index in [1.54, 1.807) is 0 Å². The van der Waals surface area contributed by atoms with Crippen LogP contribution in [0.4, 0.5) is 0 Å². The van der Waals surface area contributed by atoms with E-state index in [0.29, 0.717) is 6.04 Å². The first-order chi connectivity index (χ1) is 8.69. The first-order valence-electron chi connectivity index (χ1n) is 7.49. The Bertz CT molecular complexity index is 354. The van der Waals surface area contributed by atoms with Crippen LogP contribution in [-0.2, 0) is 0 Å². The molecule has 1 heteroatoms. The second-order valence-corrected chi connectivity index (χ2v) is 6.06. The Morgan fingerprint density at radius 2 is 1.94 bits per heavy atom. The number of aryl methyl sites for hydroxylation is 1. The van der Waals surface area contributed by atoms with Crippen LogP contribution >= 0.6 is 0 Å². The number of nitrogens with one attached hydrogen (secondary N) is 1. The molecule has 100 valence electrons. The van der Waals surface area contributed by atoms with Crippen molar-refractivity contribution in [2.75, 3.05) is 6.54 Å². The van der Waals surface area contributed by atoms with Crippen LogP contribution in [0.2, 0.25) is 0 Å². The molecule has 0 aliphatic heterocycles. The van der Waals surface area contributed by atoms with Crippen molar-refractivity contribution in [1.82, 2.24) is 5.32 Å². The summed E-state index contributed by atoms with van der Waals surface area (Å²) in [6.45, 7) is 8.00. The summed E-state index contributed by atoms with van der Waals surface area (Å²) in [4.78, 5) is 0. The lowest BCUT2D eigenvalue weighted by atomic mass is 10.0. The third-order valence-electron chi connectivity index (χ3n) is 4.34. The van der Waals surface area contributed by atoms with Crippen LogP contribution in [0.1, 0.15) is 56.7 Å². The number of hydrogen-bond donors (Lipinski definition) is 1. The molecule has 1 saturated carbocycles. The van der Waals surface area contributed by atoms with Crippen LogP contribution in [0.5, 0.6) is 0 Å². The van der Waals surface area contributed by atoms with Crippen molar-refractivity contribution in [2.45, 2.75) is 52.5 Å². The second-order valence-electron chi connectivity index (χ2n) is 6.06. The minimum Gasteiger partial charge on any atom is -0.310 e. The van der Waals surface area contributed by atoms with Crippen LogP contribution < -0.4 is 5.32 Å². The molecule has 1 aromatic rings. The third kappa shape index (κ3) is 3.58. The van der Waals surface area contributed by atoms with Gasteiger partial charge in [-0.05, 0) is 50.1 Å². The number of rotatable bonds is 5. The summed E-state index contributed by atoms with van der Waals surface area (Å²) < 4.78 is 0. The Morgan fingerprint density at radius 3 is 2.50 bits per heavy atom. The molecule has 0 bridgehead atoms. The van der Waals surface area contributed by atoms with Gasteiger partial charge in [-0.2, -0.15) is 0 Å². The topological polar surface area (TPSA) is 12.0 Å². The van der Waals surface area contributed by atoms with Gasteiger partial charge < -0.3 is 5.32 Å². The molecule has 1 fully saturated rings. The monoisotopic (exact) mass is 245 g/mol. The summed E-state index contributed by atoms with van der Waals surface area (Å²) in [5.74, 6) is 1.84. The van der Waals surface area contributed by atoms with E-state index in [9.17, 15) is 0 Å². The van der Waals surface area contributed by atoms with Crippen molar-refractivity contribution in [3.05, 3.63) is 35.4 Å². The highest BCUT2D eigenvalue weighted by Gasteiger charge is 2.21. The Morgan fingerprint density at radius 1 is 1.22 bits per heavy atom. The predicted molar refractivity (Wildman–Crippen MR) is 78.7 cm³/mol. The lowest BCUT2D eigenvalue weighted by Crippen LogP contribution is -2.26. The molecular formula is C17H27N. The smallest absolute Gasteiger partial charge is 0.0317 e. The Labute approximate surface area is 112 Å². The minimum absolute atomic E-state index is 0.529. The first kappa shape index (κ1) is 13.6. The summed E-state index contributed by atoms with van der Waals surface area (Å²) in [5.41, 5.74) is 2.78. The fraction of sp³-hybridized carbons (Fsp3) is 0.647. The minimum atomic E-state index is 0.529. The zero-order chi connectivity index (χ0) is 13.0. The molecule has 1 aromatic carbocycles. The van der Waals surface area contributed by atoms with Gasteiger partial charge in [0.1, 0.15) is 0 Å². The van der Waals surface area contributed by atoms with Crippen LogP contribution in [0.3, 0.4) is 0 Å². The molecule has 0 saturated heterocycles. The van der Waals surface area contributed by atoms with Crippen LogP contribution in [0, 0.1) is 18.8 Å². The van der Waals surface area contributed by atoms with E-state index in [2.05, 4.69) is 50.4 Å². The SMILES string of the molecule is CCC(NCC1CCC(C)C1)c1ccc(C)cc1. The van der Waals surface area contributed by atoms with E-state index in [1.807, 2.05) is 0 Å². The van der Waals surface area contributed by atoms with Gasteiger partial charge in [-0.25, -0.2) is 0 Å². The van der Waals surface area contributed by atoms with Gasteiger partial charge >= 0.3 is 0 Å². The van der Waals surface area contributed by atoms with Crippen molar-refractivity contribution < 1.29 is 0 Å². The molecule has 0 aromatic heterocycles. The quantitative estimate of drug-likeness (QED) is 0.807. The molecule has 1 nitrogen and oxygen atoms in total. The van der Waals surface area contributed by atoms with E-state index < -0.39 is 0 Å². The van der Waals surface area contributed by atoms with E-state index in [4.69, 9.17) is 0 Å². The summed E-state index contributed by atoms with van der Waals surface area (Å²) in [6, 6.07) is 9.51. The highest BCUT2D eigenvalue weighted by Crippen LogP contribution is 2.30. The van der Waals surface area contributed by atoms with Gasteiger partial charge in [-0.1, -0.05) is 50.1 Å². The third-order valence-corrected chi connectivity index (χ3v) is 4.34. The highest BCUT2D eigenvalue weighted by atomic mass is 14.9. The lowest BCUT2D eigenvalue weighted by Gasteiger charge is -2.20. The molecule has 3 atom stereocenters. The molecule has 1 aliphatic rings. The molecular weight excluding hydrogens is 218 g/mol. The van der Waals surface area contributed by atoms with E-state index in [0.717, 1.165) is 11.8 Å². The Balaban J connectivity index is 1.87. The van der Waals surface area contributed by atoms with Gasteiger partial charge in [0.2, 0.25) is 0 Å². The normalized spacial score (nSPS) is 25.3. The maximum Gasteiger partial charge on any atom is 0.0317 e. The van der Waals surface area contributed by atoms with Gasteiger partial charge in [-0.15, -0.1) is 0 Å². The molecule has 0 spiro atoms. The average molecular weight is 245 g/mol. The first-order valence-corrected chi connectivity index (χ1v) is 7.49. The van der Waals surface area contributed by atoms with E-state index >= 15 is 0 Å². The van der Waals surface area contributed by atoms with Crippen molar-refractivity contribution in [1.29, 1.82) is 0 Å². The average Bonchev–Trinajstić information content (AvgIpc) is 2.78.